The summed E-state index contributed by atoms with van der Waals surface area (Å²) in [5, 5.41) is 13.8. The molecular formula is C19H17ClN4O. The van der Waals surface area contributed by atoms with Crippen LogP contribution in [0.1, 0.15) is 23.7 Å². The van der Waals surface area contributed by atoms with Gasteiger partial charge in [0.15, 0.2) is 0 Å². The minimum absolute atomic E-state index is 0.00225. The van der Waals surface area contributed by atoms with Crippen molar-refractivity contribution in [3.63, 3.8) is 0 Å². The molecule has 0 fully saturated rings. The lowest BCUT2D eigenvalue weighted by Gasteiger charge is -2.15. The van der Waals surface area contributed by atoms with Crippen LogP contribution in [0.5, 0.6) is 0 Å². The number of pyridine rings is 2. The van der Waals surface area contributed by atoms with Crippen molar-refractivity contribution in [3.8, 4) is 6.07 Å². The van der Waals surface area contributed by atoms with Gasteiger partial charge in [0, 0.05) is 22.1 Å². The molecule has 1 atom stereocenters. The highest BCUT2D eigenvalue weighted by Gasteiger charge is 2.10. The number of hydrogen-bond acceptors (Lipinski definition) is 4. The van der Waals surface area contributed by atoms with Gasteiger partial charge in [0.05, 0.1) is 11.3 Å². The van der Waals surface area contributed by atoms with Crippen LogP contribution in [0, 0.1) is 18.3 Å². The second-order valence-corrected chi connectivity index (χ2v) is 6.48. The van der Waals surface area contributed by atoms with Crippen molar-refractivity contribution in [2.24, 2.45) is 0 Å². The highest BCUT2D eigenvalue weighted by molar-refractivity contribution is 6.31. The first kappa shape index (κ1) is 17.0. The van der Waals surface area contributed by atoms with Gasteiger partial charge in [-0.15, -0.1) is 0 Å². The highest BCUT2D eigenvalue weighted by Crippen LogP contribution is 2.18. The molecule has 6 heteroatoms. The van der Waals surface area contributed by atoms with Crippen LogP contribution in [0.25, 0.3) is 10.9 Å². The SMILES string of the molecule is Cc1nc(NC(C)Cc2cc3cc(Cl)ccc3[nH]c2=O)ccc1C#N. The van der Waals surface area contributed by atoms with E-state index in [0.29, 0.717) is 34.1 Å². The zero-order valence-corrected chi connectivity index (χ0v) is 14.7. The molecule has 0 aliphatic heterocycles. The van der Waals surface area contributed by atoms with E-state index in [1.807, 2.05) is 19.1 Å². The number of nitriles is 1. The molecule has 0 amide bonds. The summed E-state index contributed by atoms with van der Waals surface area (Å²) in [7, 11) is 0. The van der Waals surface area contributed by atoms with Gasteiger partial charge in [-0.2, -0.15) is 5.26 Å². The number of aromatic amines is 1. The zero-order chi connectivity index (χ0) is 18.0. The number of benzene rings is 1. The lowest BCUT2D eigenvalue weighted by atomic mass is 10.1. The topological polar surface area (TPSA) is 81.6 Å². The average molecular weight is 353 g/mol. The van der Waals surface area contributed by atoms with E-state index in [1.165, 1.54) is 0 Å². The molecule has 1 aromatic carbocycles. The molecule has 0 aliphatic rings. The van der Waals surface area contributed by atoms with E-state index in [2.05, 4.69) is 21.4 Å². The third-order valence-electron chi connectivity index (χ3n) is 4.01. The lowest BCUT2D eigenvalue weighted by Crippen LogP contribution is -2.24. The number of aryl methyl sites for hydroxylation is 1. The van der Waals surface area contributed by atoms with Crippen LogP contribution in [0.3, 0.4) is 0 Å². The van der Waals surface area contributed by atoms with E-state index in [1.54, 1.807) is 31.2 Å². The molecule has 0 aliphatic carbocycles. The fourth-order valence-corrected chi connectivity index (χ4v) is 2.95. The Kier molecular flexibility index (Phi) is 4.73. The number of aromatic nitrogens is 2. The Balaban J connectivity index is 1.81. The second-order valence-electron chi connectivity index (χ2n) is 6.05. The molecule has 2 heterocycles. The minimum Gasteiger partial charge on any atom is -0.367 e. The smallest absolute Gasteiger partial charge is 0.251 e. The molecule has 0 saturated heterocycles. The summed E-state index contributed by atoms with van der Waals surface area (Å²) in [5.41, 5.74) is 2.58. The maximum absolute atomic E-state index is 12.3. The Bertz CT molecular complexity index is 1040. The standard InChI is InChI=1S/C19H17ClN4O/c1-11(22-18-6-3-13(10-21)12(2)23-18)7-15-8-14-9-16(20)4-5-17(14)24-19(15)25/h3-6,8-9,11H,7H2,1-2H3,(H,22,23)(H,24,25). The van der Waals surface area contributed by atoms with Crippen LogP contribution in [-0.2, 0) is 6.42 Å². The van der Waals surface area contributed by atoms with Crippen molar-refractivity contribution in [2.75, 3.05) is 5.32 Å². The summed E-state index contributed by atoms with van der Waals surface area (Å²) in [6.45, 7) is 3.78. The zero-order valence-electron chi connectivity index (χ0n) is 13.9. The molecule has 5 nitrogen and oxygen atoms in total. The Morgan fingerprint density at radius 1 is 1.32 bits per heavy atom. The van der Waals surface area contributed by atoms with Gasteiger partial charge in [-0.3, -0.25) is 4.79 Å². The van der Waals surface area contributed by atoms with E-state index in [4.69, 9.17) is 16.9 Å². The van der Waals surface area contributed by atoms with Gasteiger partial charge >= 0.3 is 0 Å². The Labute approximate surface area is 150 Å². The maximum atomic E-state index is 12.3. The average Bonchev–Trinajstić information content (AvgIpc) is 2.56. The van der Waals surface area contributed by atoms with Gasteiger partial charge < -0.3 is 10.3 Å². The van der Waals surface area contributed by atoms with Crippen molar-refractivity contribution in [3.05, 3.63) is 68.6 Å². The monoisotopic (exact) mass is 352 g/mol. The number of nitrogens with one attached hydrogen (secondary N) is 2. The normalized spacial score (nSPS) is 11.9. The van der Waals surface area contributed by atoms with Crippen molar-refractivity contribution >= 4 is 28.3 Å². The Morgan fingerprint density at radius 3 is 2.84 bits per heavy atom. The maximum Gasteiger partial charge on any atom is 0.251 e. The van der Waals surface area contributed by atoms with Crippen molar-refractivity contribution in [1.82, 2.24) is 9.97 Å². The molecule has 2 aromatic heterocycles. The highest BCUT2D eigenvalue weighted by atomic mass is 35.5. The summed E-state index contributed by atoms with van der Waals surface area (Å²) >= 11 is 6.03. The largest absolute Gasteiger partial charge is 0.367 e. The molecular weight excluding hydrogens is 336 g/mol. The lowest BCUT2D eigenvalue weighted by molar-refractivity contribution is 0.776. The van der Waals surface area contributed by atoms with E-state index in [0.717, 1.165) is 10.9 Å². The summed E-state index contributed by atoms with van der Waals surface area (Å²) in [5.74, 6) is 0.685. The van der Waals surface area contributed by atoms with Crippen LogP contribution in [0.15, 0.2) is 41.2 Å². The number of rotatable bonds is 4. The number of nitrogens with zero attached hydrogens (tertiary/aromatic N) is 2. The third-order valence-corrected chi connectivity index (χ3v) is 4.24. The third kappa shape index (κ3) is 3.81. The minimum atomic E-state index is -0.104. The Morgan fingerprint density at radius 2 is 2.12 bits per heavy atom. The van der Waals surface area contributed by atoms with Crippen LogP contribution >= 0.6 is 11.6 Å². The molecule has 3 aromatic rings. The van der Waals surface area contributed by atoms with Crippen molar-refractivity contribution in [1.29, 1.82) is 5.26 Å². The predicted molar refractivity (Wildman–Crippen MR) is 100 cm³/mol. The van der Waals surface area contributed by atoms with Gasteiger partial charge in [0.1, 0.15) is 11.9 Å². The van der Waals surface area contributed by atoms with Gasteiger partial charge in [-0.25, -0.2) is 4.98 Å². The van der Waals surface area contributed by atoms with Crippen LogP contribution in [-0.4, -0.2) is 16.0 Å². The second kappa shape index (κ2) is 6.96. The summed E-state index contributed by atoms with van der Waals surface area (Å²) in [6.07, 6.45) is 0.540. The van der Waals surface area contributed by atoms with E-state index in [-0.39, 0.29) is 11.6 Å². The van der Waals surface area contributed by atoms with Crippen molar-refractivity contribution < 1.29 is 0 Å². The first-order chi connectivity index (χ1) is 12.0. The summed E-state index contributed by atoms with van der Waals surface area (Å²) in [6, 6.07) is 12.9. The molecule has 126 valence electrons. The molecule has 0 saturated carbocycles. The number of hydrogen-bond donors (Lipinski definition) is 2. The number of anilines is 1. The fourth-order valence-electron chi connectivity index (χ4n) is 2.77. The molecule has 2 N–H and O–H groups in total. The van der Waals surface area contributed by atoms with Gasteiger partial charge in [-0.1, -0.05) is 11.6 Å². The van der Waals surface area contributed by atoms with Gasteiger partial charge in [-0.05, 0) is 62.1 Å². The van der Waals surface area contributed by atoms with Gasteiger partial charge in [0.25, 0.3) is 5.56 Å². The molecule has 0 spiro atoms. The van der Waals surface area contributed by atoms with Crippen molar-refractivity contribution in [2.45, 2.75) is 26.3 Å². The fraction of sp³-hybridized carbons (Fsp3) is 0.211. The van der Waals surface area contributed by atoms with Gasteiger partial charge in [0.2, 0.25) is 0 Å². The van der Waals surface area contributed by atoms with E-state index >= 15 is 0 Å². The molecule has 3 rings (SSSR count). The van der Waals surface area contributed by atoms with Crippen LogP contribution in [0.2, 0.25) is 5.02 Å². The van der Waals surface area contributed by atoms with Crippen LogP contribution in [0.4, 0.5) is 5.82 Å². The van der Waals surface area contributed by atoms with E-state index < -0.39 is 0 Å². The molecule has 0 bridgehead atoms. The molecule has 25 heavy (non-hydrogen) atoms. The quantitative estimate of drug-likeness (QED) is 0.748. The number of fused-ring (bicyclic) bond motifs is 1. The molecule has 0 radical (unpaired) electrons. The summed E-state index contributed by atoms with van der Waals surface area (Å²) < 4.78 is 0. The first-order valence-electron chi connectivity index (χ1n) is 7.92. The number of H-pyrrole nitrogens is 1. The summed E-state index contributed by atoms with van der Waals surface area (Å²) in [4.78, 5) is 19.5. The Hall–Kier alpha value is -2.84. The van der Waals surface area contributed by atoms with E-state index in [9.17, 15) is 4.79 Å². The molecule has 1 unspecified atom stereocenters. The first-order valence-corrected chi connectivity index (χ1v) is 8.30. The van der Waals surface area contributed by atoms with Crippen LogP contribution < -0.4 is 10.9 Å². The number of halogens is 1. The predicted octanol–water partition coefficient (Wildman–Crippen LogP) is 3.80.